The van der Waals surface area contributed by atoms with Crippen LogP contribution in [0.4, 0.5) is 5.69 Å². The van der Waals surface area contributed by atoms with Crippen LogP contribution < -0.4 is 18.9 Å². The van der Waals surface area contributed by atoms with Crippen LogP contribution in [0.2, 0.25) is 0 Å². The lowest BCUT2D eigenvalue weighted by Crippen LogP contribution is -2.14. The second-order valence-electron chi connectivity index (χ2n) is 5.42. The Balaban J connectivity index is 1.80. The van der Waals surface area contributed by atoms with Gasteiger partial charge in [0, 0.05) is 12.1 Å². The van der Waals surface area contributed by atoms with Crippen LogP contribution in [0.3, 0.4) is 0 Å². The molecule has 2 aromatic carbocycles. The molecule has 0 aliphatic carbocycles. The third-order valence-electron chi connectivity index (χ3n) is 3.61. The Labute approximate surface area is 157 Å². The summed E-state index contributed by atoms with van der Waals surface area (Å²) >= 11 is 0. The maximum Gasteiger partial charge on any atom is 0.265 e. The maximum atomic E-state index is 12.7. The monoisotopic (exact) mass is 386 g/mol. The van der Waals surface area contributed by atoms with Crippen molar-refractivity contribution in [3.05, 3.63) is 66.9 Å². The lowest BCUT2D eigenvalue weighted by molar-refractivity contribution is 0.392. The van der Waals surface area contributed by atoms with Crippen molar-refractivity contribution in [2.45, 2.75) is 4.90 Å². The normalized spacial score (nSPS) is 10.9. The molecule has 0 amide bonds. The highest BCUT2D eigenvalue weighted by Gasteiger charge is 2.21. The number of nitrogens with one attached hydrogen (secondary N) is 1. The van der Waals surface area contributed by atoms with Crippen molar-refractivity contribution >= 4 is 15.7 Å². The molecule has 0 radical (unpaired) electrons. The van der Waals surface area contributed by atoms with Crippen LogP contribution in [0.5, 0.6) is 23.1 Å². The fourth-order valence-corrected chi connectivity index (χ4v) is 3.54. The molecule has 7 nitrogen and oxygen atoms in total. The summed E-state index contributed by atoms with van der Waals surface area (Å²) in [6, 6.07) is 16.9. The van der Waals surface area contributed by atoms with Gasteiger partial charge in [-0.05, 0) is 30.3 Å². The molecule has 0 aliphatic rings. The standard InChI is InChI=1S/C19H18N2O5S/c1-24-16-9-10-17(25-2)18(12-16)27(22,23)21-14-8-11-19(20-13-14)26-15-6-4-3-5-7-15/h3-13,21H,1-2H3. The van der Waals surface area contributed by atoms with E-state index in [4.69, 9.17) is 14.2 Å². The minimum absolute atomic E-state index is 0.0334. The van der Waals surface area contributed by atoms with E-state index in [-0.39, 0.29) is 10.6 Å². The average Bonchev–Trinajstić information content (AvgIpc) is 2.69. The van der Waals surface area contributed by atoms with Gasteiger partial charge < -0.3 is 14.2 Å². The summed E-state index contributed by atoms with van der Waals surface area (Å²) in [6.45, 7) is 0. The van der Waals surface area contributed by atoms with Crippen molar-refractivity contribution in [1.82, 2.24) is 4.98 Å². The van der Waals surface area contributed by atoms with Crippen molar-refractivity contribution in [1.29, 1.82) is 0 Å². The lowest BCUT2D eigenvalue weighted by Gasteiger charge is -2.13. The van der Waals surface area contributed by atoms with E-state index in [1.807, 2.05) is 18.2 Å². The Hall–Kier alpha value is -3.26. The second kappa shape index (κ2) is 7.96. The van der Waals surface area contributed by atoms with Gasteiger partial charge in [0.05, 0.1) is 26.1 Å². The summed E-state index contributed by atoms with van der Waals surface area (Å²) in [6.07, 6.45) is 1.38. The number of para-hydroxylation sites is 1. The maximum absolute atomic E-state index is 12.7. The van der Waals surface area contributed by atoms with E-state index in [9.17, 15) is 8.42 Å². The number of hydrogen-bond donors (Lipinski definition) is 1. The van der Waals surface area contributed by atoms with Gasteiger partial charge >= 0.3 is 0 Å². The number of methoxy groups -OCH3 is 2. The Morgan fingerprint density at radius 3 is 2.30 bits per heavy atom. The zero-order valence-electron chi connectivity index (χ0n) is 14.7. The van der Waals surface area contributed by atoms with Crippen LogP contribution in [0.1, 0.15) is 0 Å². The number of hydrogen-bond acceptors (Lipinski definition) is 6. The summed E-state index contributed by atoms with van der Waals surface area (Å²) in [4.78, 5) is 4.09. The van der Waals surface area contributed by atoms with E-state index < -0.39 is 10.0 Å². The summed E-state index contributed by atoms with van der Waals surface area (Å²) in [7, 11) is -1.04. The Morgan fingerprint density at radius 1 is 0.889 bits per heavy atom. The predicted molar refractivity (Wildman–Crippen MR) is 101 cm³/mol. The van der Waals surface area contributed by atoms with Gasteiger partial charge in [0.1, 0.15) is 22.1 Å². The molecule has 0 aliphatic heterocycles. The molecule has 1 heterocycles. The van der Waals surface area contributed by atoms with Crippen molar-refractivity contribution in [2.24, 2.45) is 0 Å². The minimum Gasteiger partial charge on any atom is -0.497 e. The quantitative estimate of drug-likeness (QED) is 0.666. The van der Waals surface area contributed by atoms with E-state index >= 15 is 0 Å². The molecule has 27 heavy (non-hydrogen) atoms. The molecule has 0 atom stereocenters. The molecule has 3 aromatic rings. The number of ether oxygens (including phenoxy) is 3. The van der Waals surface area contributed by atoms with Gasteiger partial charge in [-0.1, -0.05) is 18.2 Å². The van der Waals surface area contributed by atoms with Crippen molar-refractivity contribution in [3.8, 4) is 23.1 Å². The first kappa shape index (κ1) is 18.5. The summed E-state index contributed by atoms with van der Waals surface area (Å²) in [5.41, 5.74) is 0.292. The van der Waals surface area contributed by atoms with Crippen LogP contribution >= 0.6 is 0 Å². The first-order valence-corrected chi connectivity index (χ1v) is 9.44. The van der Waals surface area contributed by atoms with Gasteiger partial charge in [0.2, 0.25) is 5.88 Å². The SMILES string of the molecule is COc1ccc(OC)c(S(=O)(=O)Nc2ccc(Oc3ccccc3)nc2)c1. The molecular formula is C19H18N2O5S. The molecule has 0 fully saturated rings. The first-order valence-electron chi connectivity index (χ1n) is 7.95. The topological polar surface area (TPSA) is 86.8 Å². The van der Waals surface area contributed by atoms with Gasteiger partial charge in [-0.2, -0.15) is 0 Å². The number of sulfonamides is 1. The average molecular weight is 386 g/mol. The Kier molecular flexibility index (Phi) is 5.46. The van der Waals surface area contributed by atoms with Gasteiger partial charge in [0.25, 0.3) is 10.0 Å². The van der Waals surface area contributed by atoms with E-state index in [0.29, 0.717) is 23.1 Å². The van der Waals surface area contributed by atoms with Crippen LogP contribution in [0.25, 0.3) is 0 Å². The number of nitrogens with zero attached hydrogens (tertiary/aromatic N) is 1. The van der Waals surface area contributed by atoms with E-state index in [1.54, 1.807) is 30.3 Å². The Morgan fingerprint density at radius 2 is 1.67 bits per heavy atom. The van der Waals surface area contributed by atoms with Crippen LogP contribution in [0.15, 0.2) is 71.8 Å². The highest BCUT2D eigenvalue weighted by molar-refractivity contribution is 7.92. The molecule has 3 rings (SSSR count). The molecule has 0 saturated heterocycles. The number of aromatic nitrogens is 1. The molecule has 1 N–H and O–H groups in total. The Bertz CT molecular complexity index is 1010. The van der Waals surface area contributed by atoms with Crippen molar-refractivity contribution in [3.63, 3.8) is 0 Å². The van der Waals surface area contributed by atoms with Crippen molar-refractivity contribution < 1.29 is 22.6 Å². The second-order valence-corrected chi connectivity index (χ2v) is 7.07. The summed E-state index contributed by atoms with van der Waals surface area (Å²) in [5, 5.41) is 0. The highest BCUT2D eigenvalue weighted by atomic mass is 32.2. The largest absolute Gasteiger partial charge is 0.497 e. The van der Waals surface area contributed by atoms with Gasteiger partial charge in [-0.3, -0.25) is 4.72 Å². The van der Waals surface area contributed by atoms with Crippen LogP contribution in [-0.2, 0) is 10.0 Å². The molecule has 0 saturated carbocycles. The number of benzene rings is 2. The number of anilines is 1. The smallest absolute Gasteiger partial charge is 0.265 e. The highest BCUT2D eigenvalue weighted by Crippen LogP contribution is 2.30. The van der Waals surface area contributed by atoms with Crippen LogP contribution in [-0.4, -0.2) is 27.6 Å². The van der Waals surface area contributed by atoms with Crippen molar-refractivity contribution in [2.75, 3.05) is 18.9 Å². The van der Waals surface area contributed by atoms with Gasteiger partial charge in [0.15, 0.2) is 0 Å². The third-order valence-corrected chi connectivity index (χ3v) is 5.02. The predicted octanol–water partition coefficient (Wildman–Crippen LogP) is 3.69. The molecular weight excluding hydrogens is 368 g/mol. The summed E-state index contributed by atoms with van der Waals surface area (Å²) < 4.78 is 43.7. The molecule has 0 spiro atoms. The molecule has 8 heteroatoms. The van der Waals surface area contributed by atoms with E-state index in [0.717, 1.165) is 0 Å². The summed E-state index contributed by atoms with van der Waals surface area (Å²) in [5.74, 6) is 1.60. The zero-order valence-corrected chi connectivity index (χ0v) is 15.6. The molecule has 1 aromatic heterocycles. The molecule has 0 unspecified atom stereocenters. The van der Waals surface area contributed by atoms with Gasteiger partial charge in [-0.15, -0.1) is 0 Å². The lowest BCUT2D eigenvalue weighted by atomic mass is 10.3. The van der Waals surface area contributed by atoms with Crippen LogP contribution in [0, 0.1) is 0 Å². The molecule has 140 valence electrons. The van der Waals surface area contributed by atoms with E-state index in [2.05, 4.69) is 9.71 Å². The van der Waals surface area contributed by atoms with E-state index in [1.165, 1.54) is 32.5 Å². The minimum atomic E-state index is -3.90. The first-order chi connectivity index (χ1) is 13.0. The fourth-order valence-electron chi connectivity index (χ4n) is 2.31. The fraction of sp³-hybridized carbons (Fsp3) is 0.105. The zero-order chi connectivity index (χ0) is 19.3. The molecule has 0 bridgehead atoms. The van der Waals surface area contributed by atoms with Gasteiger partial charge in [-0.25, -0.2) is 13.4 Å². The number of rotatable bonds is 7. The third kappa shape index (κ3) is 4.48. The number of pyridine rings is 1.